The third kappa shape index (κ3) is 3.47. The first-order chi connectivity index (χ1) is 7.65. The van der Waals surface area contributed by atoms with Gasteiger partial charge < -0.3 is 15.2 Å². The molecule has 0 fully saturated rings. The van der Waals surface area contributed by atoms with Gasteiger partial charge in [0.2, 0.25) is 0 Å². The molecule has 0 bridgehead atoms. The number of hydrogen-bond donors (Lipinski definition) is 2. The minimum absolute atomic E-state index is 0.579. The van der Waals surface area contributed by atoms with Crippen molar-refractivity contribution in [1.82, 2.24) is 5.32 Å². The number of aliphatic hydroxyl groups is 1. The second-order valence-corrected chi connectivity index (χ2v) is 4.95. The van der Waals surface area contributed by atoms with Crippen molar-refractivity contribution in [2.45, 2.75) is 38.8 Å². The summed E-state index contributed by atoms with van der Waals surface area (Å²) < 4.78 is 5.23. The van der Waals surface area contributed by atoms with Gasteiger partial charge in [0.1, 0.15) is 5.75 Å². The van der Waals surface area contributed by atoms with Crippen LogP contribution in [0.15, 0.2) is 11.4 Å². The van der Waals surface area contributed by atoms with E-state index in [4.69, 9.17) is 4.74 Å². The van der Waals surface area contributed by atoms with Crippen LogP contribution in [0.3, 0.4) is 0 Å². The number of thiophene rings is 1. The first kappa shape index (κ1) is 13.5. The molecule has 0 saturated heterocycles. The second kappa shape index (κ2) is 6.23. The van der Waals surface area contributed by atoms with Gasteiger partial charge in [0.15, 0.2) is 0 Å². The van der Waals surface area contributed by atoms with E-state index in [0.717, 1.165) is 25.1 Å². The Balaban J connectivity index is 2.41. The Labute approximate surface area is 101 Å². The van der Waals surface area contributed by atoms with Crippen LogP contribution in [0.1, 0.15) is 31.6 Å². The molecule has 3 nitrogen and oxygen atoms in total. The fraction of sp³-hybridized carbons (Fsp3) is 0.667. The molecule has 4 heteroatoms. The fourth-order valence-electron chi connectivity index (χ4n) is 1.55. The molecule has 0 unspecified atom stereocenters. The van der Waals surface area contributed by atoms with Gasteiger partial charge in [-0.25, -0.2) is 0 Å². The summed E-state index contributed by atoms with van der Waals surface area (Å²) in [4.78, 5) is 1.18. The van der Waals surface area contributed by atoms with Gasteiger partial charge in [-0.2, -0.15) is 0 Å². The lowest BCUT2D eigenvalue weighted by Crippen LogP contribution is -2.39. The molecule has 2 N–H and O–H groups in total. The maximum atomic E-state index is 10.1. The van der Waals surface area contributed by atoms with Gasteiger partial charge in [-0.1, -0.05) is 13.8 Å². The Morgan fingerprint density at radius 1 is 1.44 bits per heavy atom. The van der Waals surface area contributed by atoms with Crippen molar-refractivity contribution in [1.29, 1.82) is 0 Å². The lowest BCUT2D eigenvalue weighted by atomic mass is 9.98. The lowest BCUT2D eigenvalue weighted by molar-refractivity contribution is 0.0323. The van der Waals surface area contributed by atoms with Gasteiger partial charge in [0, 0.05) is 13.1 Å². The van der Waals surface area contributed by atoms with Crippen LogP contribution in [-0.4, -0.2) is 24.4 Å². The average Bonchev–Trinajstić information content (AvgIpc) is 2.76. The first-order valence-corrected chi connectivity index (χ1v) is 6.56. The molecule has 1 aromatic heterocycles. The van der Waals surface area contributed by atoms with Crippen molar-refractivity contribution < 1.29 is 9.84 Å². The van der Waals surface area contributed by atoms with Crippen LogP contribution in [0, 0.1) is 0 Å². The summed E-state index contributed by atoms with van der Waals surface area (Å²) in [5.41, 5.74) is -0.579. The molecular formula is C12H21NO2S. The van der Waals surface area contributed by atoms with Gasteiger partial charge in [-0.3, -0.25) is 0 Å². The van der Waals surface area contributed by atoms with Gasteiger partial charge in [0.25, 0.3) is 0 Å². The summed E-state index contributed by atoms with van der Waals surface area (Å²) >= 11 is 1.67. The van der Waals surface area contributed by atoms with Crippen LogP contribution < -0.4 is 10.1 Å². The maximum Gasteiger partial charge on any atom is 0.134 e. The van der Waals surface area contributed by atoms with Gasteiger partial charge >= 0.3 is 0 Å². The smallest absolute Gasteiger partial charge is 0.134 e. The quantitative estimate of drug-likeness (QED) is 0.772. The molecule has 0 spiro atoms. The third-order valence-electron chi connectivity index (χ3n) is 2.98. The summed E-state index contributed by atoms with van der Waals surface area (Å²) in [5, 5.41) is 15.4. The number of ether oxygens (including phenoxy) is 1. The van der Waals surface area contributed by atoms with E-state index in [-0.39, 0.29) is 0 Å². The molecule has 92 valence electrons. The van der Waals surface area contributed by atoms with Crippen molar-refractivity contribution >= 4 is 11.3 Å². The molecule has 0 saturated carbocycles. The molecule has 1 heterocycles. The largest absolute Gasteiger partial charge is 0.496 e. The molecule has 1 rings (SSSR count). The zero-order valence-corrected chi connectivity index (χ0v) is 11.1. The first-order valence-electron chi connectivity index (χ1n) is 5.68. The number of hydrogen-bond acceptors (Lipinski definition) is 4. The molecular weight excluding hydrogens is 222 g/mol. The van der Waals surface area contributed by atoms with Gasteiger partial charge in [-0.05, 0) is 24.3 Å². The fourth-order valence-corrected chi connectivity index (χ4v) is 2.36. The third-order valence-corrected chi connectivity index (χ3v) is 3.88. The molecule has 0 radical (unpaired) electrons. The zero-order valence-electron chi connectivity index (χ0n) is 10.2. The van der Waals surface area contributed by atoms with Crippen LogP contribution in [0.25, 0.3) is 0 Å². The molecule has 16 heavy (non-hydrogen) atoms. The molecule has 0 amide bonds. The molecule has 1 aromatic rings. The van der Waals surface area contributed by atoms with Crippen LogP contribution in [0.2, 0.25) is 0 Å². The van der Waals surface area contributed by atoms with Crippen LogP contribution >= 0.6 is 11.3 Å². The normalized spacial score (nSPS) is 11.8. The molecule has 0 aliphatic rings. The number of methoxy groups -OCH3 is 1. The van der Waals surface area contributed by atoms with E-state index in [1.54, 1.807) is 18.4 Å². The SMILES string of the molecule is CCC(O)(CC)CNCc1sccc1OC. The standard InChI is InChI=1S/C12H21NO2S/c1-4-12(14,5-2)9-13-8-11-10(15-3)6-7-16-11/h6-7,13-14H,4-5,8-9H2,1-3H3. The van der Waals surface area contributed by atoms with E-state index >= 15 is 0 Å². The molecule has 0 atom stereocenters. The minimum Gasteiger partial charge on any atom is -0.496 e. The van der Waals surface area contributed by atoms with Crippen molar-refractivity contribution in [3.8, 4) is 5.75 Å². The van der Waals surface area contributed by atoms with E-state index < -0.39 is 5.60 Å². The topological polar surface area (TPSA) is 41.5 Å². The molecule has 0 aromatic carbocycles. The summed E-state index contributed by atoms with van der Waals surface area (Å²) in [6.07, 6.45) is 1.55. The summed E-state index contributed by atoms with van der Waals surface area (Å²) in [6.45, 7) is 5.40. The maximum absolute atomic E-state index is 10.1. The zero-order chi connectivity index (χ0) is 12.0. The minimum atomic E-state index is -0.579. The van der Waals surface area contributed by atoms with E-state index in [9.17, 15) is 5.11 Å². The Hall–Kier alpha value is -0.580. The van der Waals surface area contributed by atoms with Gasteiger partial charge in [0.05, 0.1) is 17.6 Å². The summed E-state index contributed by atoms with van der Waals surface area (Å²) in [6, 6.07) is 1.97. The lowest BCUT2D eigenvalue weighted by Gasteiger charge is -2.25. The Bertz CT molecular complexity index is 308. The molecule has 0 aliphatic heterocycles. The van der Waals surface area contributed by atoms with Crippen molar-refractivity contribution in [3.05, 3.63) is 16.3 Å². The van der Waals surface area contributed by atoms with Crippen LogP contribution in [0.4, 0.5) is 0 Å². The Kier molecular flexibility index (Phi) is 5.25. The average molecular weight is 243 g/mol. The predicted octanol–water partition coefficient (Wildman–Crippen LogP) is 2.40. The highest BCUT2D eigenvalue weighted by atomic mass is 32.1. The number of rotatable bonds is 7. The van der Waals surface area contributed by atoms with Crippen molar-refractivity contribution in [3.63, 3.8) is 0 Å². The highest BCUT2D eigenvalue weighted by Gasteiger charge is 2.21. The molecule has 0 aliphatic carbocycles. The van der Waals surface area contributed by atoms with Gasteiger partial charge in [-0.15, -0.1) is 11.3 Å². The van der Waals surface area contributed by atoms with Crippen LogP contribution in [0.5, 0.6) is 5.75 Å². The second-order valence-electron chi connectivity index (χ2n) is 3.95. The van der Waals surface area contributed by atoms with Crippen molar-refractivity contribution in [2.75, 3.05) is 13.7 Å². The number of nitrogens with one attached hydrogen (secondary N) is 1. The highest BCUT2D eigenvalue weighted by molar-refractivity contribution is 7.10. The van der Waals surface area contributed by atoms with E-state index in [1.165, 1.54) is 4.88 Å². The van der Waals surface area contributed by atoms with Crippen LogP contribution in [-0.2, 0) is 6.54 Å². The van der Waals surface area contributed by atoms with E-state index in [1.807, 2.05) is 25.3 Å². The Morgan fingerprint density at radius 3 is 2.69 bits per heavy atom. The predicted molar refractivity (Wildman–Crippen MR) is 68.1 cm³/mol. The summed E-state index contributed by atoms with van der Waals surface area (Å²) in [7, 11) is 1.68. The van der Waals surface area contributed by atoms with E-state index in [0.29, 0.717) is 6.54 Å². The Morgan fingerprint density at radius 2 is 2.12 bits per heavy atom. The monoisotopic (exact) mass is 243 g/mol. The highest BCUT2D eigenvalue weighted by Crippen LogP contribution is 2.24. The van der Waals surface area contributed by atoms with E-state index in [2.05, 4.69) is 5.32 Å². The van der Waals surface area contributed by atoms with Crippen molar-refractivity contribution in [2.24, 2.45) is 0 Å². The summed E-state index contributed by atoms with van der Waals surface area (Å²) in [5.74, 6) is 0.925.